The van der Waals surface area contributed by atoms with E-state index in [1.54, 1.807) is 20.0 Å². The van der Waals surface area contributed by atoms with E-state index in [0.717, 1.165) is 22.5 Å². The van der Waals surface area contributed by atoms with Gasteiger partial charge in [0.1, 0.15) is 0 Å². The van der Waals surface area contributed by atoms with Crippen LogP contribution < -0.4 is 10.6 Å². The van der Waals surface area contributed by atoms with Gasteiger partial charge in [0.05, 0.1) is 22.8 Å². The largest absolute Gasteiger partial charge is 0.352 e. The number of halogens is 1. The van der Waals surface area contributed by atoms with E-state index in [1.807, 2.05) is 59.4 Å². The van der Waals surface area contributed by atoms with Crippen LogP contribution in [0.4, 0.5) is 0 Å². The molecule has 0 aliphatic heterocycles. The molecule has 3 aromatic rings. The highest BCUT2D eigenvalue weighted by atomic mass is 127. The quantitative estimate of drug-likeness (QED) is 0.286. The SMILES string of the molecule is CN=C(NCc1ccc(S(C)(=O)=O)c(C)c1)NCc1ccn(-c2ccccc2)n1.I. The Hall–Kier alpha value is -2.40. The number of para-hydroxylation sites is 1. The number of nitrogens with one attached hydrogen (secondary N) is 2. The molecule has 2 aromatic carbocycles. The van der Waals surface area contributed by atoms with Gasteiger partial charge in [-0.2, -0.15) is 5.10 Å². The van der Waals surface area contributed by atoms with Crippen molar-refractivity contribution in [2.24, 2.45) is 4.99 Å². The minimum atomic E-state index is -3.21. The molecule has 0 radical (unpaired) electrons. The highest BCUT2D eigenvalue weighted by molar-refractivity contribution is 14.0. The summed E-state index contributed by atoms with van der Waals surface area (Å²) in [5.74, 6) is 0.643. The van der Waals surface area contributed by atoms with Crippen molar-refractivity contribution < 1.29 is 8.42 Å². The van der Waals surface area contributed by atoms with E-state index in [2.05, 4.69) is 20.7 Å². The summed E-state index contributed by atoms with van der Waals surface area (Å²) in [6, 6.07) is 17.2. The van der Waals surface area contributed by atoms with Crippen molar-refractivity contribution in [3.63, 3.8) is 0 Å². The Morgan fingerprint density at radius 1 is 1.07 bits per heavy atom. The fourth-order valence-corrected chi connectivity index (χ4v) is 3.96. The molecule has 0 atom stereocenters. The van der Waals surface area contributed by atoms with E-state index in [1.165, 1.54) is 6.26 Å². The molecule has 0 saturated heterocycles. The molecular formula is C21H26IN5O2S. The van der Waals surface area contributed by atoms with Gasteiger partial charge in [-0.25, -0.2) is 13.1 Å². The Morgan fingerprint density at radius 2 is 1.77 bits per heavy atom. The average Bonchev–Trinajstić information content (AvgIpc) is 3.17. The van der Waals surface area contributed by atoms with E-state index in [4.69, 9.17) is 0 Å². The fraction of sp³-hybridized carbons (Fsp3) is 0.238. The van der Waals surface area contributed by atoms with Crippen molar-refractivity contribution in [1.29, 1.82) is 0 Å². The van der Waals surface area contributed by atoms with Crippen LogP contribution in [0.15, 0.2) is 70.7 Å². The van der Waals surface area contributed by atoms with Gasteiger partial charge in [0.2, 0.25) is 0 Å². The number of aryl methyl sites for hydroxylation is 1. The molecule has 0 spiro atoms. The van der Waals surface area contributed by atoms with Crippen LogP contribution in [0.25, 0.3) is 5.69 Å². The third-order valence-corrected chi connectivity index (χ3v) is 5.68. The Bertz CT molecular complexity index is 1110. The van der Waals surface area contributed by atoms with Crippen molar-refractivity contribution in [3.05, 3.63) is 77.6 Å². The monoisotopic (exact) mass is 539 g/mol. The Labute approximate surface area is 194 Å². The van der Waals surface area contributed by atoms with Gasteiger partial charge in [-0.3, -0.25) is 4.99 Å². The van der Waals surface area contributed by atoms with Crippen LogP contribution in [0, 0.1) is 6.92 Å². The normalized spacial score (nSPS) is 11.6. The number of sulfone groups is 1. The lowest BCUT2D eigenvalue weighted by atomic mass is 10.1. The van der Waals surface area contributed by atoms with E-state index < -0.39 is 9.84 Å². The van der Waals surface area contributed by atoms with Crippen LogP contribution in [-0.4, -0.2) is 37.5 Å². The Balaban J connectivity index is 0.00000320. The number of aromatic nitrogens is 2. The summed E-state index contributed by atoms with van der Waals surface area (Å²) >= 11 is 0. The molecule has 3 rings (SSSR count). The molecular weight excluding hydrogens is 513 g/mol. The standard InChI is InChI=1S/C21H25N5O2S.HI/c1-16-13-17(9-10-20(16)29(3,27)28)14-23-21(22-2)24-15-18-11-12-26(25-18)19-7-5-4-6-8-19;/h4-13H,14-15H2,1-3H3,(H2,22,23,24);1H. The smallest absolute Gasteiger partial charge is 0.191 e. The van der Waals surface area contributed by atoms with E-state index in [0.29, 0.717) is 23.9 Å². The van der Waals surface area contributed by atoms with Crippen molar-refractivity contribution in [2.75, 3.05) is 13.3 Å². The molecule has 0 bridgehead atoms. The van der Waals surface area contributed by atoms with Gasteiger partial charge >= 0.3 is 0 Å². The van der Waals surface area contributed by atoms with Gasteiger partial charge in [0.25, 0.3) is 0 Å². The minimum Gasteiger partial charge on any atom is -0.352 e. The third kappa shape index (κ3) is 6.30. The lowest BCUT2D eigenvalue weighted by Gasteiger charge is -2.12. The van der Waals surface area contributed by atoms with Crippen LogP contribution >= 0.6 is 24.0 Å². The molecule has 30 heavy (non-hydrogen) atoms. The summed E-state index contributed by atoms with van der Waals surface area (Å²) in [6.45, 7) is 2.87. The second-order valence-corrected chi connectivity index (χ2v) is 8.72. The number of aliphatic imine (C=N–C) groups is 1. The number of guanidine groups is 1. The predicted octanol–water partition coefficient (Wildman–Crippen LogP) is 3.07. The molecule has 0 saturated carbocycles. The van der Waals surface area contributed by atoms with E-state index >= 15 is 0 Å². The molecule has 1 aromatic heterocycles. The fourth-order valence-electron chi connectivity index (χ4n) is 3.00. The molecule has 1 heterocycles. The lowest BCUT2D eigenvalue weighted by Crippen LogP contribution is -2.36. The molecule has 0 amide bonds. The van der Waals surface area contributed by atoms with Crippen LogP contribution in [0.2, 0.25) is 0 Å². The van der Waals surface area contributed by atoms with Gasteiger partial charge in [-0.15, -0.1) is 24.0 Å². The molecule has 2 N–H and O–H groups in total. The molecule has 0 aliphatic carbocycles. The van der Waals surface area contributed by atoms with Gasteiger partial charge in [0.15, 0.2) is 15.8 Å². The van der Waals surface area contributed by atoms with Crippen LogP contribution in [-0.2, 0) is 22.9 Å². The molecule has 7 nitrogen and oxygen atoms in total. The van der Waals surface area contributed by atoms with E-state index in [-0.39, 0.29) is 24.0 Å². The van der Waals surface area contributed by atoms with Gasteiger partial charge in [0, 0.05) is 26.0 Å². The highest BCUT2D eigenvalue weighted by Crippen LogP contribution is 2.16. The number of rotatable bonds is 6. The summed E-state index contributed by atoms with van der Waals surface area (Å²) in [5.41, 5.74) is 3.62. The number of hydrogen-bond donors (Lipinski definition) is 2. The molecule has 0 fully saturated rings. The molecule has 160 valence electrons. The van der Waals surface area contributed by atoms with Crippen molar-refractivity contribution in [3.8, 4) is 5.69 Å². The van der Waals surface area contributed by atoms with Gasteiger partial charge in [-0.05, 0) is 42.3 Å². The second-order valence-electron chi connectivity index (χ2n) is 6.74. The van der Waals surface area contributed by atoms with Gasteiger partial charge < -0.3 is 10.6 Å². The zero-order valence-electron chi connectivity index (χ0n) is 17.2. The number of benzene rings is 2. The second kappa shape index (κ2) is 10.6. The first kappa shape index (κ1) is 23.9. The Kier molecular flexibility index (Phi) is 8.42. The first-order valence-electron chi connectivity index (χ1n) is 9.21. The van der Waals surface area contributed by atoms with Crippen LogP contribution in [0.3, 0.4) is 0 Å². The topological polar surface area (TPSA) is 88.4 Å². The highest BCUT2D eigenvalue weighted by Gasteiger charge is 2.11. The summed E-state index contributed by atoms with van der Waals surface area (Å²) < 4.78 is 25.3. The van der Waals surface area contributed by atoms with Crippen molar-refractivity contribution in [1.82, 2.24) is 20.4 Å². The molecule has 0 aliphatic rings. The lowest BCUT2D eigenvalue weighted by molar-refractivity contribution is 0.601. The third-order valence-electron chi connectivity index (χ3n) is 4.42. The maximum atomic E-state index is 11.7. The van der Waals surface area contributed by atoms with Crippen molar-refractivity contribution in [2.45, 2.75) is 24.9 Å². The average molecular weight is 539 g/mol. The Morgan fingerprint density at radius 3 is 2.40 bits per heavy atom. The molecule has 9 heteroatoms. The first-order valence-corrected chi connectivity index (χ1v) is 11.1. The number of nitrogens with zero attached hydrogens (tertiary/aromatic N) is 3. The van der Waals surface area contributed by atoms with Gasteiger partial charge in [-0.1, -0.05) is 30.3 Å². The molecule has 0 unspecified atom stereocenters. The zero-order chi connectivity index (χ0) is 20.9. The maximum absolute atomic E-state index is 11.7. The summed E-state index contributed by atoms with van der Waals surface area (Å²) in [5, 5.41) is 11.0. The minimum absolute atomic E-state index is 0. The van der Waals surface area contributed by atoms with Crippen molar-refractivity contribution >= 4 is 39.8 Å². The predicted molar refractivity (Wildman–Crippen MR) is 130 cm³/mol. The maximum Gasteiger partial charge on any atom is 0.191 e. The van der Waals surface area contributed by atoms with Crippen LogP contribution in [0.5, 0.6) is 0 Å². The zero-order valence-corrected chi connectivity index (χ0v) is 20.3. The van der Waals surface area contributed by atoms with Crippen LogP contribution in [0.1, 0.15) is 16.8 Å². The number of hydrogen-bond acceptors (Lipinski definition) is 4. The summed E-state index contributed by atoms with van der Waals surface area (Å²) in [4.78, 5) is 4.59. The summed E-state index contributed by atoms with van der Waals surface area (Å²) in [6.07, 6.45) is 3.15. The first-order chi connectivity index (χ1) is 13.9. The summed E-state index contributed by atoms with van der Waals surface area (Å²) in [7, 11) is -1.50. The van der Waals surface area contributed by atoms with E-state index in [9.17, 15) is 8.42 Å².